The fraction of sp³-hybridized carbons (Fsp3) is 0.611. The standard InChI is InChI=1S/C18H27NO4/c1-2-22-17(21)18(9-6-11-19(15-18)12-13-20)10-14-23-16-7-4-3-5-8-16/h3-5,7-8,20H,2,6,9-15H2,1H3. The third kappa shape index (κ3) is 4.94. The molecule has 1 fully saturated rings. The van der Waals surface area contributed by atoms with Gasteiger partial charge in [0.25, 0.3) is 0 Å². The molecule has 1 aromatic rings. The predicted octanol–water partition coefficient (Wildman–Crippen LogP) is 2.09. The number of aliphatic hydroxyl groups excluding tert-OH is 1. The summed E-state index contributed by atoms with van der Waals surface area (Å²) in [6.07, 6.45) is 2.37. The molecule has 1 N–H and O–H groups in total. The molecule has 128 valence electrons. The first-order valence-electron chi connectivity index (χ1n) is 8.38. The Morgan fingerprint density at radius 1 is 1.35 bits per heavy atom. The zero-order chi connectivity index (χ0) is 16.5. The number of nitrogens with zero attached hydrogens (tertiary/aromatic N) is 1. The maximum atomic E-state index is 12.5. The van der Waals surface area contributed by atoms with Gasteiger partial charge in [-0.15, -0.1) is 0 Å². The predicted molar refractivity (Wildman–Crippen MR) is 88.4 cm³/mol. The lowest BCUT2D eigenvalue weighted by molar-refractivity contribution is -0.160. The van der Waals surface area contributed by atoms with Crippen LogP contribution in [-0.2, 0) is 9.53 Å². The minimum atomic E-state index is -0.530. The molecule has 5 nitrogen and oxygen atoms in total. The van der Waals surface area contributed by atoms with E-state index in [-0.39, 0.29) is 12.6 Å². The Hall–Kier alpha value is -1.59. The number of hydrogen-bond acceptors (Lipinski definition) is 5. The molecule has 2 rings (SSSR count). The number of aliphatic hydroxyl groups is 1. The van der Waals surface area contributed by atoms with E-state index in [4.69, 9.17) is 9.47 Å². The summed E-state index contributed by atoms with van der Waals surface area (Å²) in [5.74, 6) is 0.675. The van der Waals surface area contributed by atoms with Gasteiger partial charge in [-0.2, -0.15) is 0 Å². The van der Waals surface area contributed by atoms with Gasteiger partial charge in [0.1, 0.15) is 5.75 Å². The number of piperidine rings is 1. The van der Waals surface area contributed by atoms with Crippen LogP contribution in [0, 0.1) is 5.41 Å². The summed E-state index contributed by atoms with van der Waals surface area (Å²) in [6.45, 7) is 4.96. The molecule has 0 aliphatic carbocycles. The van der Waals surface area contributed by atoms with Crippen molar-refractivity contribution in [3.8, 4) is 5.75 Å². The highest BCUT2D eigenvalue weighted by molar-refractivity contribution is 5.77. The number of carbonyl (C=O) groups excluding carboxylic acids is 1. The third-order valence-electron chi connectivity index (χ3n) is 4.37. The first-order chi connectivity index (χ1) is 11.2. The Kier molecular flexibility index (Phi) is 6.86. The molecule has 1 unspecified atom stereocenters. The van der Waals surface area contributed by atoms with Crippen LogP contribution in [0.3, 0.4) is 0 Å². The summed E-state index contributed by atoms with van der Waals surface area (Å²) in [4.78, 5) is 14.7. The maximum absolute atomic E-state index is 12.5. The number of esters is 1. The number of ether oxygens (including phenoxy) is 2. The van der Waals surface area contributed by atoms with E-state index in [1.54, 1.807) is 0 Å². The summed E-state index contributed by atoms with van der Waals surface area (Å²) in [5.41, 5.74) is -0.530. The summed E-state index contributed by atoms with van der Waals surface area (Å²) in [7, 11) is 0. The van der Waals surface area contributed by atoms with Crippen LogP contribution in [0.15, 0.2) is 30.3 Å². The molecule has 0 amide bonds. The monoisotopic (exact) mass is 321 g/mol. The molecule has 1 saturated heterocycles. The fourth-order valence-corrected chi connectivity index (χ4v) is 3.20. The summed E-state index contributed by atoms with van der Waals surface area (Å²) < 4.78 is 11.1. The van der Waals surface area contributed by atoms with E-state index >= 15 is 0 Å². The van der Waals surface area contributed by atoms with Gasteiger partial charge in [0.2, 0.25) is 0 Å². The van der Waals surface area contributed by atoms with Crippen molar-refractivity contribution < 1.29 is 19.4 Å². The van der Waals surface area contributed by atoms with Crippen molar-refractivity contribution in [3.05, 3.63) is 30.3 Å². The van der Waals surface area contributed by atoms with Crippen molar-refractivity contribution in [1.82, 2.24) is 4.90 Å². The van der Waals surface area contributed by atoms with Crippen LogP contribution in [0.5, 0.6) is 5.75 Å². The molecule has 1 atom stereocenters. The van der Waals surface area contributed by atoms with Crippen LogP contribution in [0.25, 0.3) is 0 Å². The highest BCUT2D eigenvalue weighted by atomic mass is 16.5. The summed E-state index contributed by atoms with van der Waals surface area (Å²) in [5, 5.41) is 9.17. The molecule has 0 aromatic heterocycles. The van der Waals surface area contributed by atoms with Crippen LogP contribution in [0.4, 0.5) is 0 Å². The second-order valence-electron chi connectivity index (χ2n) is 6.02. The molecular weight excluding hydrogens is 294 g/mol. The van der Waals surface area contributed by atoms with Crippen molar-refractivity contribution >= 4 is 5.97 Å². The molecule has 23 heavy (non-hydrogen) atoms. The molecule has 5 heteroatoms. The number of β-amino-alcohol motifs (C(OH)–C–C–N with tert-alkyl or cyclic N) is 1. The van der Waals surface area contributed by atoms with Crippen molar-refractivity contribution in [2.75, 3.05) is 39.5 Å². The van der Waals surface area contributed by atoms with Crippen molar-refractivity contribution in [2.24, 2.45) is 5.41 Å². The molecule has 1 heterocycles. The Morgan fingerprint density at radius 3 is 2.83 bits per heavy atom. The second kappa shape index (κ2) is 8.89. The highest BCUT2D eigenvalue weighted by Crippen LogP contribution is 2.35. The lowest BCUT2D eigenvalue weighted by Gasteiger charge is -2.40. The van der Waals surface area contributed by atoms with Crippen LogP contribution in [0.2, 0.25) is 0 Å². The Balaban J connectivity index is 2.00. The molecule has 0 saturated carbocycles. The van der Waals surface area contributed by atoms with Gasteiger partial charge in [-0.25, -0.2) is 0 Å². The van der Waals surface area contributed by atoms with Crippen molar-refractivity contribution in [2.45, 2.75) is 26.2 Å². The van der Waals surface area contributed by atoms with Crippen LogP contribution in [0.1, 0.15) is 26.2 Å². The van der Waals surface area contributed by atoms with Gasteiger partial charge in [0.15, 0.2) is 0 Å². The molecular formula is C18H27NO4. The maximum Gasteiger partial charge on any atom is 0.313 e. The second-order valence-corrected chi connectivity index (χ2v) is 6.02. The summed E-state index contributed by atoms with van der Waals surface area (Å²) in [6, 6.07) is 9.63. The van der Waals surface area contributed by atoms with Crippen molar-refractivity contribution in [3.63, 3.8) is 0 Å². The van der Waals surface area contributed by atoms with Gasteiger partial charge in [-0.3, -0.25) is 9.69 Å². The average molecular weight is 321 g/mol. The molecule has 0 spiro atoms. The van der Waals surface area contributed by atoms with Gasteiger partial charge in [0.05, 0.1) is 25.2 Å². The first kappa shape index (κ1) is 17.8. The van der Waals surface area contributed by atoms with E-state index < -0.39 is 5.41 Å². The number of likely N-dealkylation sites (tertiary alicyclic amines) is 1. The SMILES string of the molecule is CCOC(=O)C1(CCOc2ccccc2)CCCN(CCO)C1. The minimum Gasteiger partial charge on any atom is -0.494 e. The van der Waals surface area contributed by atoms with E-state index in [2.05, 4.69) is 4.90 Å². The summed E-state index contributed by atoms with van der Waals surface area (Å²) >= 11 is 0. The highest BCUT2D eigenvalue weighted by Gasteiger charge is 2.43. The molecule has 1 aliphatic rings. The van der Waals surface area contributed by atoms with E-state index in [9.17, 15) is 9.90 Å². The Morgan fingerprint density at radius 2 is 2.13 bits per heavy atom. The van der Waals surface area contributed by atoms with E-state index in [0.29, 0.717) is 32.7 Å². The largest absolute Gasteiger partial charge is 0.494 e. The number of hydrogen-bond donors (Lipinski definition) is 1. The van der Waals surface area contributed by atoms with Crippen molar-refractivity contribution in [1.29, 1.82) is 0 Å². The number of benzene rings is 1. The van der Waals surface area contributed by atoms with Crippen LogP contribution >= 0.6 is 0 Å². The van der Waals surface area contributed by atoms with Gasteiger partial charge in [-0.05, 0) is 44.9 Å². The Labute approximate surface area is 138 Å². The average Bonchev–Trinajstić information content (AvgIpc) is 2.57. The van der Waals surface area contributed by atoms with Gasteiger partial charge >= 0.3 is 5.97 Å². The Bertz CT molecular complexity index is 477. The van der Waals surface area contributed by atoms with E-state index in [1.165, 1.54) is 0 Å². The third-order valence-corrected chi connectivity index (χ3v) is 4.37. The zero-order valence-corrected chi connectivity index (χ0v) is 13.9. The van der Waals surface area contributed by atoms with Crippen LogP contribution < -0.4 is 4.74 Å². The zero-order valence-electron chi connectivity index (χ0n) is 13.9. The van der Waals surface area contributed by atoms with Gasteiger partial charge < -0.3 is 14.6 Å². The quantitative estimate of drug-likeness (QED) is 0.743. The number of para-hydroxylation sites is 1. The topological polar surface area (TPSA) is 59.0 Å². The lowest BCUT2D eigenvalue weighted by Crippen LogP contribution is -2.50. The number of rotatable bonds is 8. The molecule has 1 aromatic carbocycles. The first-order valence-corrected chi connectivity index (χ1v) is 8.38. The molecule has 1 aliphatic heterocycles. The number of carbonyl (C=O) groups is 1. The normalized spacial score (nSPS) is 21.8. The smallest absolute Gasteiger partial charge is 0.313 e. The lowest BCUT2D eigenvalue weighted by atomic mass is 9.77. The fourth-order valence-electron chi connectivity index (χ4n) is 3.20. The van der Waals surface area contributed by atoms with E-state index in [1.807, 2.05) is 37.3 Å². The van der Waals surface area contributed by atoms with Gasteiger partial charge in [-0.1, -0.05) is 18.2 Å². The minimum absolute atomic E-state index is 0.111. The molecule has 0 radical (unpaired) electrons. The van der Waals surface area contributed by atoms with E-state index in [0.717, 1.165) is 25.1 Å². The van der Waals surface area contributed by atoms with Gasteiger partial charge in [0, 0.05) is 13.1 Å². The molecule has 0 bridgehead atoms. The van der Waals surface area contributed by atoms with Crippen LogP contribution in [-0.4, -0.2) is 55.4 Å².